The van der Waals surface area contributed by atoms with E-state index in [1.807, 2.05) is 0 Å². The van der Waals surface area contributed by atoms with Crippen LogP contribution in [0.5, 0.6) is 0 Å². The third kappa shape index (κ3) is 2.55. The molecule has 1 aromatic heterocycles. The number of halogens is 1. The summed E-state index contributed by atoms with van der Waals surface area (Å²) in [5, 5.41) is 0.370. The Labute approximate surface area is 117 Å². The van der Waals surface area contributed by atoms with Gasteiger partial charge in [-0.05, 0) is 35.9 Å². The molecule has 0 radical (unpaired) electrons. The van der Waals surface area contributed by atoms with Gasteiger partial charge in [0, 0.05) is 5.69 Å². The first-order chi connectivity index (χ1) is 9.61. The molecule has 4 nitrogen and oxygen atoms in total. The Morgan fingerprint density at radius 3 is 2.90 bits per heavy atom. The molecule has 2 aromatic carbocycles. The lowest BCUT2D eigenvalue weighted by atomic mass is 10.2. The Hall–Kier alpha value is -2.21. The molecule has 0 saturated heterocycles. The minimum absolute atomic E-state index is 0.215. The smallest absolute Gasteiger partial charge is 0.197 e. The fourth-order valence-electron chi connectivity index (χ4n) is 1.96. The van der Waals surface area contributed by atoms with Crippen molar-refractivity contribution in [2.24, 2.45) is 0 Å². The first-order valence-corrected chi connectivity index (χ1v) is 7.32. The number of fused-ring (bicyclic) bond motifs is 1. The molecule has 102 valence electrons. The van der Waals surface area contributed by atoms with Gasteiger partial charge in [0.2, 0.25) is 0 Å². The molecule has 6 heteroatoms. The summed E-state index contributed by atoms with van der Waals surface area (Å²) in [5.41, 5.74) is 8.42. The molecule has 1 heterocycles. The Morgan fingerprint density at radius 2 is 2.10 bits per heavy atom. The summed E-state index contributed by atoms with van der Waals surface area (Å²) >= 11 is 0. The van der Waals surface area contributed by atoms with Gasteiger partial charge in [-0.3, -0.25) is 4.21 Å². The second kappa shape index (κ2) is 5.05. The van der Waals surface area contributed by atoms with E-state index in [1.54, 1.807) is 30.3 Å². The van der Waals surface area contributed by atoms with Crippen LogP contribution in [0, 0.1) is 5.82 Å². The SMILES string of the molecule is Nc1ccc2nc(S(=O)Cc3cccc(F)c3)[nH]c2c1. The van der Waals surface area contributed by atoms with Crippen molar-refractivity contribution in [1.29, 1.82) is 0 Å². The van der Waals surface area contributed by atoms with Crippen LogP contribution in [0.4, 0.5) is 10.1 Å². The molecule has 0 aliphatic rings. The van der Waals surface area contributed by atoms with E-state index in [0.29, 0.717) is 21.9 Å². The normalized spacial score (nSPS) is 12.7. The van der Waals surface area contributed by atoms with Gasteiger partial charge in [0.05, 0.1) is 27.6 Å². The lowest BCUT2D eigenvalue weighted by Crippen LogP contribution is -1.98. The Bertz CT molecular complexity index is 800. The van der Waals surface area contributed by atoms with Crippen molar-refractivity contribution in [2.75, 3.05) is 5.73 Å². The number of nitrogen functional groups attached to an aromatic ring is 1. The number of nitrogens with two attached hydrogens (primary N) is 1. The van der Waals surface area contributed by atoms with Crippen molar-refractivity contribution >= 4 is 27.5 Å². The fraction of sp³-hybridized carbons (Fsp3) is 0.0714. The van der Waals surface area contributed by atoms with Crippen LogP contribution in [0.25, 0.3) is 11.0 Å². The molecule has 1 unspecified atom stereocenters. The molecule has 0 aliphatic heterocycles. The minimum atomic E-state index is -1.36. The number of nitrogens with one attached hydrogen (secondary N) is 1. The van der Waals surface area contributed by atoms with Gasteiger partial charge < -0.3 is 10.7 Å². The fourth-order valence-corrected chi connectivity index (χ4v) is 3.00. The molecule has 3 rings (SSSR count). The van der Waals surface area contributed by atoms with E-state index in [0.717, 1.165) is 5.52 Å². The summed E-state index contributed by atoms with van der Waals surface area (Å²) in [6.45, 7) is 0. The number of aromatic amines is 1. The first-order valence-electron chi connectivity index (χ1n) is 6.00. The van der Waals surface area contributed by atoms with Gasteiger partial charge >= 0.3 is 0 Å². The van der Waals surface area contributed by atoms with E-state index in [1.165, 1.54) is 12.1 Å². The number of hydrogen-bond donors (Lipinski definition) is 2. The molecule has 0 saturated carbocycles. The van der Waals surface area contributed by atoms with Crippen molar-refractivity contribution in [3.05, 3.63) is 53.8 Å². The standard InChI is InChI=1S/C14H12FN3OS/c15-10-3-1-2-9(6-10)8-20(19)14-17-12-5-4-11(16)7-13(12)18-14/h1-7H,8,16H2,(H,17,18). The van der Waals surface area contributed by atoms with Crippen LogP contribution in [0.1, 0.15) is 5.56 Å². The summed E-state index contributed by atoms with van der Waals surface area (Å²) in [6.07, 6.45) is 0. The number of hydrogen-bond acceptors (Lipinski definition) is 3. The average Bonchev–Trinajstić information content (AvgIpc) is 2.81. The molecule has 3 N–H and O–H groups in total. The highest BCUT2D eigenvalue weighted by Gasteiger charge is 2.11. The van der Waals surface area contributed by atoms with Crippen LogP contribution < -0.4 is 5.73 Å². The largest absolute Gasteiger partial charge is 0.399 e. The van der Waals surface area contributed by atoms with E-state index < -0.39 is 10.8 Å². The van der Waals surface area contributed by atoms with Crippen molar-refractivity contribution in [3.63, 3.8) is 0 Å². The van der Waals surface area contributed by atoms with Crippen LogP contribution in [0.2, 0.25) is 0 Å². The number of rotatable bonds is 3. The van der Waals surface area contributed by atoms with Crippen molar-refractivity contribution in [3.8, 4) is 0 Å². The molecule has 0 fully saturated rings. The Kier molecular flexibility index (Phi) is 3.23. The van der Waals surface area contributed by atoms with E-state index in [9.17, 15) is 8.60 Å². The van der Waals surface area contributed by atoms with Crippen molar-refractivity contribution < 1.29 is 8.60 Å². The predicted molar refractivity (Wildman–Crippen MR) is 77.0 cm³/mol. The van der Waals surface area contributed by atoms with Crippen LogP contribution in [0.15, 0.2) is 47.6 Å². The van der Waals surface area contributed by atoms with Crippen LogP contribution in [-0.2, 0) is 16.6 Å². The second-order valence-corrected chi connectivity index (χ2v) is 5.80. The molecular formula is C14H12FN3OS. The molecule has 0 bridgehead atoms. The average molecular weight is 289 g/mol. The van der Waals surface area contributed by atoms with Crippen LogP contribution in [-0.4, -0.2) is 14.2 Å². The van der Waals surface area contributed by atoms with E-state index in [4.69, 9.17) is 5.73 Å². The number of anilines is 1. The summed E-state index contributed by atoms with van der Waals surface area (Å²) in [5.74, 6) is -0.121. The maximum atomic E-state index is 13.1. The third-order valence-electron chi connectivity index (χ3n) is 2.89. The summed E-state index contributed by atoms with van der Waals surface area (Å²) < 4.78 is 25.3. The zero-order chi connectivity index (χ0) is 14.1. The van der Waals surface area contributed by atoms with Gasteiger partial charge in [-0.2, -0.15) is 0 Å². The highest BCUT2D eigenvalue weighted by molar-refractivity contribution is 7.84. The molecule has 20 heavy (non-hydrogen) atoms. The minimum Gasteiger partial charge on any atom is -0.399 e. The van der Waals surface area contributed by atoms with Gasteiger partial charge in [0.25, 0.3) is 0 Å². The maximum Gasteiger partial charge on any atom is 0.197 e. The second-order valence-electron chi connectivity index (χ2n) is 4.44. The summed E-state index contributed by atoms with van der Waals surface area (Å²) in [7, 11) is -1.36. The highest BCUT2D eigenvalue weighted by Crippen LogP contribution is 2.18. The Balaban J connectivity index is 1.88. The molecule has 0 spiro atoms. The molecule has 1 atom stereocenters. The van der Waals surface area contributed by atoms with Crippen LogP contribution in [0.3, 0.4) is 0 Å². The number of benzene rings is 2. The first kappa shape index (κ1) is 12.8. The number of nitrogens with zero attached hydrogens (tertiary/aromatic N) is 1. The molecule has 0 aliphatic carbocycles. The van der Waals surface area contributed by atoms with E-state index >= 15 is 0 Å². The van der Waals surface area contributed by atoms with Gasteiger partial charge in [0.1, 0.15) is 5.82 Å². The van der Waals surface area contributed by atoms with Crippen molar-refractivity contribution in [2.45, 2.75) is 10.9 Å². The lowest BCUT2D eigenvalue weighted by Gasteiger charge is -1.99. The highest BCUT2D eigenvalue weighted by atomic mass is 32.2. The van der Waals surface area contributed by atoms with Gasteiger partial charge in [0.15, 0.2) is 5.16 Å². The lowest BCUT2D eigenvalue weighted by molar-refractivity contribution is 0.626. The third-order valence-corrected chi connectivity index (χ3v) is 4.11. The number of H-pyrrole nitrogens is 1. The van der Waals surface area contributed by atoms with Gasteiger partial charge in [-0.15, -0.1) is 0 Å². The Morgan fingerprint density at radius 1 is 1.25 bits per heavy atom. The molecule has 0 amide bonds. The predicted octanol–water partition coefficient (Wildman–Crippen LogP) is 2.59. The molecular weight excluding hydrogens is 277 g/mol. The van der Waals surface area contributed by atoms with Gasteiger partial charge in [-0.1, -0.05) is 12.1 Å². The van der Waals surface area contributed by atoms with Crippen LogP contribution >= 0.6 is 0 Å². The zero-order valence-corrected chi connectivity index (χ0v) is 11.3. The number of imidazole rings is 1. The summed E-state index contributed by atoms with van der Waals surface area (Å²) in [4.78, 5) is 7.25. The maximum absolute atomic E-state index is 13.1. The molecule has 3 aromatic rings. The topological polar surface area (TPSA) is 71.8 Å². The number of aromatic nitrogens is 2. The summed E-state index contributed by atoms with van der Waals surface area (Å²) in [6, 6.07) is 11.3. The monoisotopic (exact) mass is 289 g/mol. The quantitative estimate of drug-likeness (QED) is 0.728. The van der Waals surface area contributed by atoms with Crippen molar-refractivity contribution in [1.82, 2.24) is 9.97 Å². The van der Waals surface area contributed by atoms with Gasteiger partial charge in [-0.25, -0.2) is 9.37 Å². The van der Waals surface area contributed by atoms with E-state index in [2.05, 4.69) is 9.97 Å². The van der Waals surface area contributed by atoms with E-state index in [-0.39, 0.29) is 11.6 Å². The zero-order valence-electron chi connectivity index (χ0n) is 10.5.